The van der Waals surface area contributed by atoms with Crippen LogP contribution in [0.2, 0.25) is 0 Å². The fourth-order valence-electron chi connectivity index (χ4n) is 4.23. The highest BCUT2D eigenvalue weighted by molar-refractivity contribution is 5.83. The van der Waals surface area contributed by atoms with Gasteiger partial charge in [-0.25, -0.2) is 4.79 Å². The summed E-state index contributed by atoms with van der Waals surface area (Å²) in [5.41, 5.74) is 0.996. The van der Waals surface area contributed by atoms with Crippen molar-refractivity contribution in [2.75, 3.05) is 13.3 Å². The highest BCUT2D eigenvalue weighted by atomic mass is 19.4. The number of hydrogen-bond donors (Lipinski definition) is 3. The van der Waals surface area contributed by atoms with Crippen LogP contribution in [0.15, 0.2) is 18.2 Å². The number of piperidine rings is 1. The molecule has 2 fully saturated rings. The summed E-state index contributed by atoms with van der Waals surface area (Å²) in [6, 6.07) is 6.93. The largest absolute Gasteiger partial charge is 0.490 e. The van der Waals surface area contributed by atoms with Crippen molar-refractivity contribution in [2.24, 2.45) is 5.92 Å². The average Bonchev–Trinajstić information content (AvgIpc) is 3.43. The van der Waals surface area contributed by atoms with Gasteiger partial charge < -0.3 is 25.2 Å². The first kappa shape index (κ1) is 22.2. The Morgan fingerprint density at radius 2 is 1.97 bits per heavy atom. The fraction of sp³-hybridized carbons (Fsp3) is 0.600. The van der Waals surface area contributed by atoms with Crippen molar-refractivity contribution >= 4 is 11.9 Å². The second-order valence-electron chi connectivity index (χ2n) is 7.66. The van der Waals surface area contributed by atoms with Crippen molar-refractivity contribution in [3.05, 3.63) is 23.8 Å². The van der Waals surface area contributed by atoms with E-state index < -0.39 is 12.1 Å². The summed E-state index contributed by atoms with van der Waals surface area (Å²) in [5.74, 6) is -0.545. The van der Waals surface area contributed by atoms with Gasteiger partial charge in [0, 0.05) is 18.6 Å². The quantitative estimate of drug-likeness (QED) is 0.665. The predicted octanol–water partition coefficient (Wildman–Crippen LogP) is 2.80. The van der Waals surface area contributed by atoms with Gasteiger partial charge >= 0.3 is 12.1 Å². The van der Waals surface area contributed by atoms with Gasteiger partial charge in [-0.15, -0.1) is 0 Å². The zero-order valence-corrected chi connectivity index (χ0v) is 16.5. The van der Waals surface area contributed by atoms with Gasteiger partial charge in [0.1, 0.15) is 0 Å². The molecule has 0 radical (unpaired) electrons. The molecule has 166 valence electrons. The molecule has 0 aromatic heterocycles. The summed E-state index contributed by atoms with van der Waals surface area (Å²) in [5, 5.41) is 13.9. The Kier molecular flexibility index (Phi) is 6.74. The average molecular weight is 430 g/mol. The number of benzene rings is 1. The first-order chi connectivity index (χ1) is 14.2. The number of alkyl halides is 3. The number of rotatable bonds is 5. The Morgan fingerprint density at radius 1 is 1.27 bits per heavy atom. The van der Waals surface area contributed by atoms with E-state index in [4.69, 9.17) is 19.4 Å². The van der Waals surface area contributed by atoms with Crippen LogP contribution in [-0.2, 0) is 9.59 Å². The normalized spacial score (nSPS) is 24.7. The fourth-order valence-corrected chi connectivity index (χ4v) is 4.23. The van der Waals surface area contributed by atoms with Gasteiger partial charge in [-0.05, 0) is 49.3 Å². The number of carboxylic acid groups (broad SMARTS) is 1. The van der Waals surface area contributed by atoms with Gasteiger partial charge in [-0.1, -0.05) is 13.0 Å². The highest BCUT2D eigenvalue weighted by Gasteiger charge is 2.39. The minimum Gasteiger partial charge on any atom is -0.475 e. The standard InChI is InChI=1S/C18H24N2O3.C2HF3O2/c1-2-14(11-4-6-16-17(8-11)23-10-22-16)18(21)19-9-15-12-3-5-13(7-12)20-15;3-2(4,5)1(6)7/h4,6,8,12-15,20H,2-3,5,7,9-10H2,1H3,(H,19,21);(H,6,7)/t12-,13+,14?,15+;/m0./s1. The summed E-state index contributed by atoms with van der Waals surface area (Å²) in [6.45, 7) is 3.04. The molecule has 7 nitrogen and oxygen atoms in total. The molecule has 1 aromatic rings. The van der Waals surface area contributed by atoms with E-state index in [0.29, 0.717) is 12.1 Å². The molecule has 10 heteroatoms. The molecule has 1 saturated heterocycles. The second-order valence-corrected chi connectivity index (χ2v) is 7.66. The van der Waals surface area contributed by atoms with E-state index in [1.165, 1.54) is 19.3 Å². The Morgan fingerprint density at radius 3 is 2.53 bits per heavy atom. The maximum Gasteiger partial charge on any atom is 0.490 e. The predicted molar refractivity (Wildman–Crippen MR) is 100 cm³/mol. The molecule has 3 N–H and O–H groups in total. The van der Waals surface area contributed by atoms with E-state index in [1.807, 2.05) is 25.1 Å². The van der Waals surface area contributed by atoms with E-state index in [2.05, 4.69) is 10.6 Å². The molecule has 3 aliphatic rings. The molecule has 30 heavy (non-hydrogen) atoms. The van der Waals surface area contributed by atoms with E-state index in [-0.39, 0.29) is 18.6 Å². The summed E-state index contributed by atoms with van der Waals surface area (Å²) in [4.78, 5) is 21.5. The van der Waals surface area contributed by atoms with Gasteiger partial charge in [-0.2, -0.15) is 13.2 Å². The lowest BCUT2D eigenvalue weighted by atomic mass is 9.94. The van der Waals surface area contributed by atoms with E-state index in [1.54, 1.807) is 0 Å². The maximum atomic E-state index is 12.6. The van der Waals surface area contributed by atoms with Crippen molar-refractivity contribution < 1.29 is 37.3 Å². The van der Waals surface area contributed by atoms with Crippen LogP contribution in [0.25, 0.3) is 0 Å². The summed E-state index contributed by atoms with van der Waals surface area (Å²) >= 11 is 0. The number of halogens is 3. The lowest BCUT2D eigenvalue weighted by Crippen LogP contribution is -2.45. The van der Waals surface area contributed by atoms with Crippen molar-refractivity contribution in [3.63, 3.8) is 0 Å². The topological polar surface area (TPSA) is 96.9 Å². The highest BCUT2D eigenvalue weighted by Crippen LogP contribution is 2.36. The van der Waals surface area contributed by atoms with E-state index >= 15 is 0 Å². The molecule has 2 heterocycles. The number of amides is 1. The van der Waals surface area contributed by atoms with Crippen LogP contribution < -0.4 is 20.1 Å². The molecule has 0 spiro atoms. The molecule has 1 saturated carbocycles. The van der Waals surface area contributed by atoms with Crippen LogP contribution in [0, 0.1) is 5.92 Å². The number of carbonyl (C=O) groups is 2. The van der Waals surface area contributed by atoms with Gasteiger partial charge in [-0.3, -0.25) is 4.79 Å². The Balaban J connectivity index is 0.000000318. The monoisotopic (exact) mass is 430 g/mol. The number of fused-ring (bicyclic) bond motifs is 3. The van der Waals surface area contributed by atoms with Gasteiger partial charge in [0.25, 0.3) is 0 Å². The van der Waals surface area contributed by atoms with Crippen molar-refractivity contribution in [1.29, 1.82) is 0 Å². The van der Waals surface area contributed by atoms with Gasteiger partial charge in [0.2, 0.25) is 12.7 Å². The first-order valence-corrected chi connectivity index (χ1v) is 9.92. The first-order valence-electron chi connectivity index (χ1n) is 9.92. The van der Waals surface area contributed by atoms with Crippen molar-refractivity contribution in [1.82, 2.24) is 10.6 Å². The van der Waals surface area contributed by atoms with Crippen LogP contribution in [-0.4, -0.2) is 48.6 Å². The minimum atomic E-state index is -5.08. The third kappa shape index (κ3) is 5.16. The molecule has 4 rings (SSSR count). The van der Waals surface area contributed by atoms with Crippen molar-refractivity contribution in [3.8, 4) is 11.5 Å². The van der Waals surface area contributed by atoms with Crippen LogP contribution in [0.4, 0.5) is 13.2 Å². The third-order valence-electron chi connectivity index (χ3n) is 5.75. The molecule has 4 atom stereocenters. The van der Waals surface area contributed by atoms with Crippen LogP contribution in [0.5, 0.6) is 11.5 Å². The Bertz CT molecular complexity index is 786. The third-order valence-corrected chi connectivity index (χ3v) is 5.75. The smallest absolute Gasteiger partial charge is 0.475 e. The van der Waals surface area contributed by atoms with Gasteiger partial charge in [0.15, 0.2) is 11.5 Å². The zero-order valence-electron chi connectivity index (χ0n) is 16.5. The molecule has 2 aliphatic heterocycles. The van der Waals surface area contributed by atoms with Gasteiger partial charge in [0.05, 0.1) is 5.92 Å². The maximum absolute atomic E-state index is 12.6. The van der Waals surface area contributed by atoms with Crippen LogP contribution in [0.3, 0.4) is 0 Å². The number of carbonyl (C=O) groups excluding carboxylic acids is 1. The molecule has 1 amide bonds. The number of nitrogens with one attached hydrogen (secondary N) is 2. The minimum absolute atomic E-state index is 0.107. The Hall–Kier alpha value is -2.49. The SMILES string of the molecule is CCC(C(=O)NC[C@H]1N[C@@H]2CC[C@H]1C2)c1ccc2c(c1)OCO2.O=C(O)C(F)(F)F. The summed E-state index contributed by atoms with van der Waals surface area (Å²) < 4.78 is 42.5. The molecule has 1 aliphatic carbocycles. The van der Waals surface area contributed by atoms with Crippen LogP contribution >= 0.6 is 0 Å². The second kappa shape index (κ2) is 9.11. The number of hydrogen-bond acceptors (Lipinski definition) is 5. The summed E-state index contributed by atoms with van der Waals surface area (Å²) in [6.07, 6.45) is -0.434. The number of carboxylic acids is 1. The van der Waals surface area contributed by atoms with Crippen LogP contribution in [0.1, 0.15) is 44.1 Å². The molecular formula is C20H25F3N2O5. The molecular weight excluding hydrogens is 405 g/mol. The molecule has 2 bridgehead atoms. The molecule has 1 unspecified atom stereocenters. The lowest BCUT2D eigenvalue weighted by Gasteiger charge is -2.24. The number of aliphatic carboxylic acids is 1. The Labute approximate surface area is 171 Å². The molecule has 1 aromatic carbocycles. The lowest BCUT2D eigenvalue weighted by molar-refractivity contribution is -0.192. The zero-order chi connectivity index (χ0) is 21.9. The van der Waals surface area contributed by atoms with E-state index in [0.717, 1.165) is 35.9 Å². The van der Waals surface area contributed by atoms with Crippen molar-refractivity contribution in [2.45, 2.75) is 56.8 Å². The summed E-state index contributed by atoms with van der Waals surface area (Å²) in [7, 11) is 0. The van der Waals surface area contributed by atoms with E-state index in [9.17, 15) is 18.0 Å². The number of ether oxygens (including phenoxy) is 2.